The topological polar surface area (TPSA) is 91.8 Å². The summed E-state index contributed by atoms with van der Waals surface area (Å²) in [5.41, 5.74) is 2.07. The molecule has 2 aliphatic rings. The summed E-state index contributed by atoms with van der Waals surface area (Å²) in [4.78, 5) is 19.4. The highest BCUT2D eigenvalue weighted by atomic mass is 32.2. The molecule has 0 saturated carbocycles. The van der Waals surface area contributed by atoms with Crippen molar-refractivity contribution in [3.63, 3.8) is 0 Å². The molecule has 1 aromatic heterocycles. The molecule has 0 bridgehead atoms. The molecule has 8 nitrogen and oxygen atoms in total. The van der Waals surface area contributed by atoms with Gasteiger partial charge in [-0.05, 0) is 50.5 Å². The molecule has 0 radical (unpaired) electrons. The van der Waals surface area contributed by atoms with Crippen LogP contribution in [0.2, 0.25) is 0 Å². The third-order valence-corrected chi connectivity index (χ3v) is 8.26. The van der Waals surface area contributed by atoms with Crippen molar-refractivity contribution in [3.05, 3.63) is 40.4 Å². The van der Waals surface area contributed by atoms with Crippen LogP contribution in [0.15, 0.2) is 34.6 Å². The van der Waals surface area contributed by atoms with E-state index in [1.807, 2.05) is 18.4 Å². The summed E-state index contributed by atoms with van der Waals surface area (Å²) in [6.07, 6.45) is 6.41. The van der Waals surface area contributed by atoms with Gasteiger partial charge in [-0.2, -0.15) is 4.31 Å². The molecule has 2 aromatic rings. The Kier molecular flexibility index (Phi) is 7.24. The number of sulfonamides is 1. The second kappa shape index (κ2) is 10.1. The first-order valence-corrected chi connectivity index (χ1v) is 13.1. The second-order valence-electron chi connectivity index (χ2n) is 7.86. The van der Waals surface area contributed by atoms with Crippen LogP contribution in [-0.2, 0) is 19.6 Å². The van der Waals surface area contributed by atoms with Gasteiger partial charge in [0.15, 0.2) is 0 Å². The van der Waals surface area contributed by atoms with E-state index in [0.29, 0.717) is 32.0 Å². The quantitative estimate of drug-likeness (QED) is 0.644. The number of piperidine rings is 1. The van der Waals surface area contributed by atoms with Gasteiger partial charge in [0.2, 0.25) is 15.9 Å². The molecule has 2 saturated heterocycles. The lowest BCUT2D eigenvalue weighted by atomic mass is 10.1. The van der Waals surface area contributed by atoms with Crippen LogP contribution in [0.1, 0.15) is 30.0 Å². The van der Waals surface area contributed by atoms with E-state index in [0.717, 1.165) is 42.3 Å². The Bertz CT molecular complexity index is 1090. The van der Waals surface area contributed by atoms with Crippen LogP contribution in [0.4, 0.5) is 11.4 Å². The Labute approximate surface area is 192 Å². The lowest BCUT2D eigenvalue weighted by Crippen LogP contribution is -2.40. The molecule has 0 unspecified atom stereocenters. The molecule has 1 aromatic carbocycles. The molecule has 2 aliphatic heterocycles. The number of aromatic nitrogens is 1. The smallest absolute Gasteiger partial charge is 0.248 e. The molecule has 172 valence electrons. The maximum absolute atomic E-state index is 13.1. The molecule has 0 spiro atoms. The molecular formula is C22H28N4O4S2. The molecule has 2 fully saturated rings. The van der Waals surface area contributed by atoms with Gasteiger partial charge >= 0.3 is 0 Å². The summed E-state index contributed by atoms with van der Waals surface area (Å²) in [5, 5.41) is 5.71. The molecule has 3 heterocycles. The fraction of sp³-hybridized carbons (Fsp3) is 0.455. The number of thiazole rings is 1. The van der Waals surface area contributed by atoms with Crippen molar-refractivity contribution in [2.24, 2.45) is 0 Å². The number of hydrogen-bond acceptors (Lipinski definition) is 7. The van der Waals surface area contributed by atoms with Crippen LogP contribution in [0.25, 0.3) is 6.08 Å². The van der Waals surface area contributed by atoms with Gasteiger partial charge in [-0.3, -0.25) is 4.79 Å². The van der Waals surface area contributed by atoms with Crippen molar-refractivity contribution in [1.82, 2.24) is 9.29 Å². The van der Waals surface area contributed by atoms with E-state index in [-0.39, 0.29) is 10.8 Å². The van der Waals surface area contributed by atoms with E-state index in [1.54, 1.807) is 18.2 Å². The summed E-state index contributed by atoms with van der Waals surface area (Å²) in [7, 11) is -3.66. The highest BCUT2D eigenvalue weighted by molar-refractivity contribution is 7.89. The Morgan fingerprint density at radius 1 is 1.16 bits per heavy atom. The summed E-state index contributed by atoms with van der Waals surface area (Å²) in [6, 6.07) is 5.02. The van der Waals surface area contributed by atoms with Crippen LogP contribution in [-0.4, -0.2) is 63.0 Å². The van der Waals surface area contributed by atoms with E-state index < -0.39 is 10.0 Å². The standard InChI is InChI=1S/C22H28N4O4S2/c1-17-23-18(16-31-17)5-8-22(27)24-20-15-19(32(28,29)26-11-13-30-14-12-26)6-7-21(20)25-9-3-2-4-10-25/h5-8,15-16H,2-4,9-14H2,1H3,(H,24,27)/b8-5+. The van der Waals surface area contributed by atoms with E-state index in [2.05, 4.69) is 15.2 Å². The number of ether oxygens (including phenoxy) is 1. The number of aryl methyl sites for hydroxylation is 1. The molecule has 1 amide bonds. The lowest BCUT2D eigenvalue weighted by molar-refractivity contribution is -0.111. The number of hydrogen-bond donors (Lipinski definition) is 1. The van der Waals surface area contributed by atoms with Gasteiger partial charge in [-0.25, -0.2) is 13.4 Å². The molecule has 0 atom stereocenters. The zero-order valence-electron chi connectivity index (χ0n) is 18.1. The van der Waals surface area contributed by atoms with Crippen LogP contribution in [0, 0.1) is 6.92 Å². The van der Waals surface area contributed by atoms with Crippen molar-refractivity contribution in [2.75, 3.05) is 49.6 Å². The number of carbonyl (C=O) groups excluding carboxylic acids is 1. The summed E-state index contributed by atoms with van der Waals surface area (Å²) in [6.45, 7) is 5.10. The summed E-state index contributed by atoms with van der Waals surface area (Å²) >= 11 is 1.52. The third-order valence-electron chi connectivity index (χ3n) is 5.57. The monoisotopic (exact) mass is 476 g/mol. The fourth-order valence-electron chi connectivity index (χ4n) is 3.91. The Balaban J connectivity index is 1.61. The lowest BCUT2D eigenvalue weighted by Gasteiger charge is -2.31. The number of anilines is 2. The first-order valence-electron chi connectivity index (χ1n) is 10.8. The molecule has 0 aliphatic carbocycles. The maximum Gasteiger partial charge on any atom is 0.248 e. The van der Waals surface area contributed by atoms with Gasteiger partial charge < -0.3 is 15.0 Å². The highest BCUT2D eigenvalue weighted by Gasteiger charge is 2.28. The Morgan fingerprint density at radius 2 is 1.91 bits per heavy atom. The van der Waals surface area contributed by atoms with E-state index >= 15 is 0 Å². The van der Waals surface area contributed by atoms with Crippen molar-refractivity contribution in [2.45, 2.75) is 31.1 Å². The molecule has 32 heavy (non-hydrogen) atoms. The fourth-order valence-corrected chi connectivity index (χ4v) is 5.93. The normalized spacial score (nSPS) is 18.2. The second-order valence-corrected chi connectivity index (χ2v) is 10.9. The van der Waals surface area contributed by atoms with Gasteiger partial charge in [0, 0.05) is 37.6 Å². The molecule has 4 rings (SSSR count). The zero-order chi connectivity index (χ0) is 22.6. The van der Waals surface area contributed by atoms with Gasteiger partial charge in [0.1, 0.15) is 0 Å². The van der Waals surface area contributed by atoms with Gasteiger partial charge in [0.05, 0.1) is 40.2 Å². The third kappa shape index (κ3) is 5.37. The number of nitrogens with zero attached hydrogens (tertiary/aromatic N) is 3. The minimum absolute atomic E-state index is 0.176. The zero-order valence-corrected chi connectivity index (χ0v) is 19.8. The largest absolute Gasteiger partial charge is 0.379 e. The first kappa shape index (κ1) is 22.9. The van der Waals surface area contributed by atoms with Crippen molar-refractivity contribution in [1.29, 1.82) is 0 Å². The van der Waals surface area contributed by atoms with Crippen molar-refractivity contribution in [3.8, 4) is 0 Å². The first-order chi connectivity index (χ1) is 15.4. The predicted molar refractivity (Wildman–Crippen MR) is 127 cm³/mol. The summed E-state index contributed by atoms with van der Waals surface area (Å²) in [5.74, 6) is -0.324. The number of amides is 1. The number of benzene rings is 1. The summed E-state index contributed by atoms with van der Waals surface area (Å²) < 4.78 is 33.0. The minimum Gasteiger partial charge on any atom is -0.379 e. The minimum atomic E-state index is -3.66. The number of carbonyl (C=O) groups is 1. The van der Waals surface area contributed by atoms with Gasteiger partial charge in [-0.1, -0.05) is 0 Å². The van der Waals surface area contributed by atoms with Crippen LogP contribution in [0.3, 0.4) is 0 Å². The SMILES string of the molecule is Cc1nc(/C=C/C(=O)Nc2cc(S(=O)(=O)N3CCOCC3)ccc2N2CCCCC2)cs1. The van der Waals surface area contributed by atoms with E-state index in [1.165, 1.54) is 28.1 Å². The highest BCUT2D eigenvalue weighted by Crippen LogP contribution is 2.32. The maximum atomic E-state index is 13.1. The van der Waals surface area contributed by atoms with E-state index in [9.17, 15) is 13.2 Å². The van der Waals surface area contributed by atoms with Crippen LogP contribution in [0.5, 0.6) is 0 Å². The number of rotatable bonds is 6. The molecule has 1 N–H and O–H groups in total. The van der Waals surface area contributed by atoms with Gasteiger partial charge in [0.25, 0.3) is 0 Å². The molecule has 10 heteroatoms. The van der Waals surface area contributed by atoms with Crippen molar-refractivity contribution >= 4 is 44.7 Å². The number of morpholine rings is 1. The van der Waals surface area contributed by atoms with Crippen LogP contribution >= 0.6 is 11.3 Å². The Morgan fingerprint density at radius 3 is 2.59 bits per heavy atom. The van der Waals surface area contributed by atoms with Crippen LogP contribution < -0.4 is 10.2 Å². The average Bonchev–Trinajstić information content (AvgIpc) is 3.24. The molecular weight excluding hydrogens is 448 g/mol. The average molecular weight is 477 g/mol. The Hall–Kier alpha value is -2.27. The van der Waals surface area contributed by atoms with E-state index in [4.69, 9.17) is 4.74 Å². The predicted octanol–water partition coefficient (Wildman–Crippen LogP) is 3.11. The van der Waals surface area contributed by atoms with Gasteiger partial charge in [-0.15, -0.1) is 11.3 Å². The number of nitrogens with one attached hydrogen (secondary N) is 1. The van der Waals surface area contributed by atoms with Crippen molar-refractivity contribution < 1.29 is 17.9 Å².